The minimum atomic E-state index is 0.00820. The summed E-state index contributed by atoms with van der Waals surface area (Å²) in [4.78, 5) is 15.4. The Kier molecular flexibility index (Phi) is 4.04. The van der Waals surface area contributed by atoms with Crippen LogP contribution in [0.15, 0.2) is 36.4 Å². The van der Waals surface area contributed by atoms with E-state index in [1.54, 1.807) is 0 Å². The number of nitrogens with zero attached hydrogens (tertiary/aromatic N) is 2. The van der Waals surface area contributed by atoms with Crippen molar-refractivity contribution in [2.24, 2.45) is 13.0 Å². The molecule has 0 spiro atoms. The molecule has 3 N–H and O–H groups in total. The van der Waals surface area contributed by atoms with Gasteiger partial charge >= 0.3 is 0 Å². The van der Waals surface area contributed by atoms with Crippen molar-refractivity contribution in [3.05, 3.63) is 42.1 Å². The summed E-state index contributed by atoms with van der Waals surface area (Å²) in [5.74, 6) is 0.613. The molecule has 1 amide bonds. The third-order valence-corrected chi connectivity index (χ3v) is 6.07. The van der Waals surface area contributed by atoms with Crippen molar-refractivity contribution in [3.8, 4) is 11.3 Å². The molecule has 0 radical (unpaired) electrons. The van der Waals surface area contributed by atoms with Gasteiger partial charge in [0.1, 0.15) is 5.69 Å². The Morgan fingerprint density at radius 2 is 1.88 bits per heavy atom. The van der Waals surface area contributed by atoms with Gasteiger partial charge in [-0.05, 0) is 57.0 Å². The van der Waals surface area contributed by atoms with Crippen molar-refractivity contribution >= 4 is 11.6 Å². The molecular weight excluding hydrogens is 312 g/mol. The first-order valence-electron chi connectivity index (χ1n) is 9.12. The van der Waals surface area contributed by atoms with Crippen LogP contribution in [0, 0.1) is 5.92 Å². The number of piperidine rings is 3. The molecule has 2 atom stereocenters. The number of benzene rings is 1. The maximum Gasteiger partial charge on any atom is 0.268 e. The highest BCUT2D eigenvalue weighted by Gasteiger charge is 2.40. The topological polar surface area (TPSA) is 63.3 Å². The molecule has 0 unspecified atom stereocenters. The molecule has 4 heterocycles. The van der Waals surface area contributed by atoms with Crippen LogP contribution in [0.25, 0.3) is 11.3 Å². The van der Waals surface area contributed by atoms with E-state index in [1.165, 1.54) is 25.9 Å². The number of carbonyl (C=O) groups is 1. The summed E-state index contributed by atoms with van der Waals surface area (Å²) < 4.78 is 1.94. The van der Waals surface area contributed by atoms with Gasteiger partial charge in [0.25, 0.3) is 5.91 Å². The lowest BCUT2D eigenvalue weighted by Crippen LogP contribution is -2.62. The maximum atomic E-state index is 12.9. The zero-order valence-corrected chi connectivity index (χ0v) is 14.9. The third-order valence-electron chi connectivity index (χ3n) is 6.07. The molecule has 3 saturated heterocycles. The predicted molar refractivity (Wildman–Crippen MR) is 100 cm³/mol. The number of aromatic nitrogens is 1. The van der Waals surface area contributed by atoms with E-state index in [0.29, 0.717) is 17.7 Å². The summed E-state index contributed by atoms with van der Waals surface area (Å²) in [5.41, 5.74) is 9.42. The van der Waals surface area contributed by atoms with Crippen LogP contribution in [-0.2, 0) is 7.05 Å². The number of fused-ring (bicyclic) bond motifs is 3. The monoisotopic (exact) mass is 338 g/mol. The Hall–Kier alpha value is -2.27. The van der Waals surface area contributed by atoms with Crippen LogP contribution in [0.2, 0.25) is 0 Å². The first-order chi connectivity index (χ1) is 12.1. The highest BCUT2D eigenvalue weighted by Crippen LogP contribution is 2.32. The first kappa shape index (κ1) is 16.2. The summed E-state index contributed by atoms with van der Waals surface area (Å²) in [6.07, 6.45) is 2.38. The summed E-state index contributed by atoms with van der Waals surface area (Å²) in [6.45, 7) is 4.57. The van der Waals surface area contributed by atoms with Gasteiger partial charge in [-0.25, -0.2) is 0 Å². The van der Waals surface area contributed by atoms with Gasteiger partial charge in [-0.3, -0.25) is 9.69 Å². The fourth-order valence-corrected chi connectivity index (χ4v) is 4.51. The van der Waals surface area contributed by atoms with Crippen LogP contribution in [0.4, 0.5) is 5.69 Å². The van der Waals surface area contributed by atoms with E-state index in [1.807, 2.05) is 48.0 Å². The number of amides is 1. The molecule has 3 fully saturated rings. The van der Waals surface area contributed by atoms with Crippen LogP contribution >= 0.6 is 0 Å². The number of anilines is 1. The Balaban J connectivity index is 1.57. The Morgan fingerprint density at radius 3 is 2.56 bits per heavy atom. The van der Waals surface area contributed by atoms with E-state index in [9.17, 15) is 4.79 Å². The molecule has 5 rings (SSSR count). The number of para-hydroxylation sites is 1. The largest absolute Gasteiger partial charge is 0.398 e. The van der Waals surface area contributed by atoms with Crippen molar-refractivity contribution in [3.63, 3.8) is 0 Å². The molecule has 3 aliphatic rings. The average molecular weight is 338 g/mol. The van der Waals surface area contributed by atoms with E-state index in [0.717, 1.165) is 16.9 Å². The zero-order valence-electron chi connectivity index (χ0n) is 14.9. The van der Waals surface area contributed by atoms with E-state index in [-0.39, 0.29) is 11.9 Å². The number of nitrogen functional groups attached to an aromatic ring is 1. The first-order valence-corrected chi connectivity index (χ1v) is 9.12. The van der Waals surface area contributed by atoms with Gasteiger partial charge in [0, 0.05) is 30.4 Å². The number of hydrogen-bond donors (Lipinski definition) is 2. The van der Waals surface area contributed by atoms with E-state index < -0.39 is 0 Å². The number of rotatable bonds is 3. The number of carbonyl (C=O) groups excluding carboxylic acids is 1. The predicted octanol–water partition coefficient (Wildman–Crippen LogP) is 2.49. The van der Waals surface area contributed by atoms with Crippen molar-refractivity contribution in [2.45, 2.75) is 31.8 Å². The molecule has 25 heavy (non-hydrogen) atoms. The molecule has 3 aliphatic heterocycles. The lowest BCUT2D eigenvalue weighted by molar-refractivity contribution is 0.0215. The molecule has 1 aromatic heterocycles. The SMILES string of the molecule is C[C@@H]1[C@H](NC(=O)c2ccc(-c3ccccc3N)n2C)C2CCN1CC2. The lowest BCUT2D eigenvalue weighted by Gasteiger charge is -2.49. The minimum Gasteiger partial charge on any atom is -0.398 e. The van der Waals surface area contributed by atoms with Gasteiger partial charge in [0.05, 0.1) is 5.69 Å². The minimum absolute atomic E-state index is 0.00820. The fraction of sp³-hybridized carbons (Fsp3) is 0.450. The quantitative estimate of drug-likeness (QED) is 0.845. The standard InChI is InChI=1S/C20H26N4O/c1-13-19(14-9-11-24(13)12-10-14)22-20(25)18-8-7-17(23(18)2)15-5-3-4-6-16(15)21/h3-8,13-14,19H,9-12,21H2,1-2H3,(H,22,25)/t13-,19+/m1/s1. The van der Waals surface area contributed by atoms with Crippen molar-refractivity contribution in [1.82, 2.24) is 14.8 Å². The van der Waals surface area contributed by atoms with Crippen molar-refractivity contribution < 1.29 is 4.79 Å². The summed E-state index contributed by atoms with van der Waals surface area (Å²) >= 11 is 0. The van der Waals surface area contributed by atoms with E-state index in [2.05, 4.69) is 17.1 Å². The van der Waals surface area contributed by atoms with Gasteiger partial charge in [-0.2, -0.15) is 0 Å². The number of nitrogens with two attached hydrogens (primary N) is 1. The fourth-order valence-electron chi connectivity index (χ4n) is 4.51. The molecule has 0 aliphatic carbocycles. The van der Waals surface area contributed by atoms with Crippen molar-refractivity contribution in [2.75, 3.05) is 18.8 Å². The Morgan fingerprint density at radius 1 is 1.16 bits per heavy atom. The van der Waals surface area contributed by atoms with Crippen LogP contribution in [-0.4, -0.2) is 40.5 Å². The van der Waals surface area contributed by atoms with Gasteiger partial charge < -0.3 is 15.6 Å². The third kappa shape index (κ3) is 2.72. The molecule has 1 aromatic carbocycles. The summed E-state index contributed by atoms with van der Waals surface area (Å²) in [5, 5.41) is 3.30. The smallest absolute Gasteiger partial charge is 0.268 e. The van der Waals surface area contributed by atoms with Crippen LogP contribution in [0.5, 0.6) is 0 Å². The second-order valence-electron chi connectivity index (χ2n) is 7.36. The average Bonchev–Trinajstić information content (AvgIpc) is 3.00. The van der Waals surface area contributed by atoms with Crippen molar-refractivity contribution in [1.29, 1.82) is 0 Å². The highest BCUT2D eigenvalue weighted by atomic mass is 16.2. The molecule has 132 valence electrons. The lowest BCUT2D eigenvalue weighted by atomic mass is 9.79. The highest BCUT2D eigenvalue weighted by molar-refractivity contribution is 5.94. The van der Waals surface area contributed by atoms with Crippen LogP contribution in [0.3, 0.4) is 0 Å². The molecule has 2 bridgehead atoms. The molecule has 2 aromatic rings. The Labute approximate surface area is 148 Å². The number of hydrogen-bond acceptors (Lipinski definition) is 3. The molecule has 0 saturated carbocycles. The molecule has 5 heteroatoms. The Bertz CT molecular complexity index is 787. The second-order valence-corrected chi connectivity index (χ2v) is 7.36. The number of nitrogens with one attached hydrogen (secondary N) is 1. The zero-order chi connectivity index (χ0) is 17.6. The van der Waals surface area contributed by atoms with Crippen LogP contribution < -0.4 is 11.1 Å². The van der Waals surface area contributed by atoms with Gasteiger partial charge in [0.15, 0.2) is 0 Å². The van der Waals surface area contributed by atoms with Gasteiger partial charge in [-0.1, -0.05) is 18.2 Å². The van der Waals surface area contributed by atoms with E-state index >= 15 is 0 Å². The second kappa shape index (κ2) is 6.23. The van der Waals surface area contributed by atoms with Gasteiger partial charge in [0.2, 0.25) is 0 Å². The summed E-state index contributed by atoms with van der Waals surface area (Å²) in [6, 6.07) is 12.3. The van der Waals surface area contributed by atoms with Crippen LogP contribution in [0.1, 0.15) is 30.3 Å². The summed E-state index contributed by atoms with van der Waals surface area (Å²) in [7, 11) is 1.93. The molecular formula is C20H26N4O. The normalized spacial score (nSPS) is 28.1. The molecule has 5 nitrogen and oxygen atoms in total. The van der Waals surface area contributed by atoms with E-state index in [4.69, 9.17) is 5.73 Å². The van der Waals surface area contributed by atoms with Gasteiger partial charge in [-0.15, -0.1) is 0 Å². The maximum absolute atomic E-state index is 12.9.